The van der Waals surface area contributed by atoms with Gasteiger partial charge in [0.25, 0.3) is 0 Å². The molecule has 0 saturated heterocycles. The summed E-state index contributed by atoms with van der Waals surface area (Å²) in [6.07, 6.45) is -4.32. The van der Waals surface area contributed by atoms with Crippen molar-refractivity contribution in [1.29, 1.82) is 0 Å². The fourth-order valence-corrected chi connectivity index (χ4v) is 2.67. The van der Waals surface area contributed by atoms with E-state index < -0.39 is 11.7 Å². The summed E-state index contributed by atoms with van der Waals surface area (Å²) >= 11 is 1.46. The molecule has 0 aliphatic heterocycles. The van der Waals surface area contributed by atoms with Gasteiger partial charge in [-0.15, -0.1) is 11.3 Å². The average Bonchev–Trinajstić information content (AvgIpc) is 2.77. The summed E-state index contributed by atoms with van der Waals surface area (Å²) in [6, 6.07) is 7.46. The third-order valence-electron chi connectivity index (χ3n) is 2.55. The summed E-state index contributed by atoms with van der Waals surface area (Å²) in [5, 5.41) is 4.74. The molecule has 1 N–H and O–H groups in total. The van der Waals surface area contributed by atoms with Crippen molar-refractivity contribution in [2.24, 2.45) is 0 Å². The summed E-state index contributed by atoms with van der Waals surface area (Å²) in [6.45, 7) is 0.666. The summed E-state index contributed by atoms with van der Waals surface area (Å²) in [5.41, 5.74) is 0.278. The Kier molecular flexibility index (Phi) is 3.73. The van der Waals surface area contributed by atoms with Crippen molar-refractivity contribution in [2.45, 2.75) is 12.7 Å². The molecule has 1 aromatic carbocycles. The summed E-state index contributed by atoms with van der Waals surface area (Å²) in [7, 11) is 1.81. The van der Waals surface area contributed by atoms with Crippen molar-refractivity contribution < 1.29 is 13.2 Å². The lowest BCUT2D eigenvalue weighted by Crippen LogP contribution is -2.06. The molecule has 0 saturated carbocycles. The number of hydrogen-bond donors (Lipinski definition) is 1. The van der Waals surface area contributed by atoms with Gasteiger partial charge in [0, 0.05) is 11.4 Å². The molecule has 1 aromatic heterocycles. The standard InChI is InChI=1S/C13H12F3NS/c1-17-7-10-6-9(8-18-10)11-4-2-3-5-12(11)13(14,15)16/h2-6,8,17H,7H2,1H3. The van der Waals surface area contributed by atoms with E-state index in [-0.39, 0.29) is 5.56 Å². The molecule has 0 aliphatic rings. The Morgan fingerprint density at radius 3 is 2.61 bits per heavy atom. The molecule has 5 heteroatoms. The van der Waals surface area contributed by atoms with Gasteiger partial charge in [0.2, 0.25) is 0 Å². The smallest absolute Gasteiger partial charge is 0.315 e. The van der Waals surface area contributed by atoms with Crippen LogP contribution in [0.2, 0.25) is 0 Å². The van der Waals surface area contributed by atoms with E-state index in [4.69, 9.17) is 0 Å². The van der Waals surface area contributed by atoms with Crippen LogP contribution < -0.4 is 5.32 Å². The normalized spacial score (nSPS) is 11.8. The largest absolute Gasteiger partial charge is 0.417 e. The van der Waals surface area contributed by atoms with Gasteiger partial charge in [-0.05, 0) is 35.7 Å². The highest BCUT2D eigenvalue weighted by Gasteiger charge is 2.33. The second-order valence-electron chi connectivity index (χ2n) is 3.88. The fraction of sp³-hybridized carbons (Fsp3) is 0.231. The van der Waals surface area contributed by atoms with Crippen LogP contribution in [0, 0.1) is 0 Å². The van der Waals surface area contributed by atoms with Crippen LogP contribution in [0.25, 0.3) is 11.1 Å². The number of benzene rings is 1. The van der Waals surface area contributed by atoms with E-state index in [2.05, 4.69) is 5.32 Å². The molecule has 0 radical (unpaired) electrons. The quantitative estimate of drug-likeness (QED) is 0.884. The third kappa shape index (κ3) is 2.73. The van der Waals surface area contributed by atoms with Gasteiger partial charge < -0.3 is 5.32 Å². The maximum atomic E-state index is 12.9. The lowest BCUT2D eigenvalue weighted by Gasteiger charge is -2.11. The first-order valence-corrected chi connectivity index (χ1v) is 6.29. The molecule has 1 heterocycles. The van der Waals surface area contributed by atoms with E-state index in [9.17, 15) is 13.2 Å². The van der Waals surface area contributed by atoms with E-state index in [1.165, 1.54) is 23.5 Å². The molecule has 0 spiro atoms. The maximum Gasteiger partial charge on any atom is 0.417 e. The molecule has 0 aliphatic carbocycles. The van der Waals surface area contributed by atoms with Crippen LogP contribution in [0.5, 0.6) is 0 Å². The molecule has 0 fully saturated rings. The highest BCUT2D eigenvalue weighted by molar-refractivity contribution is 7.10. The van der Waals surface area contributed by atoms with E-state index in [0.717, 1.165) is 10.9 Å². The van der Waals surface area contributed by atoms with Gasteiger partial charge in [0.15, 0.2) is 0 Å². The second-order valence-corrected chi connectivity index (χ2v) is 4.87. The first kappa shape index (κ1) is 13.1. The summed E-state index contributed by atoms with van der Waals surface area (Å²) in [4.78, 5) is 1.02. The van der Waals surface area contributed by atoms with Gasteiger partial charge in [-0.25, -0.2) is 0 Å². The first-order chi connectivity index (χ1) is 8.52. The topological polar surface area (TPSA) is 12.0 Å². The van der Waals surface area contributed by atoms with Crippen LogP contribution >= 0.6 is 11.3 Å². The lowest BCUT2D eigenvalue weighted by atomic mass is 10.0. The van der Waals surface area contributed by atoms with Crippen LogP contribution in [-0.2, 0) is 12.7 Å². The number of halogens is 3. The number of alkyl halides is 3. The van der Waals surface area contributed by atoms with Gasteiger partial charge in [-0.1, -0.05) is 18.2 Å². The Morgan fingerprint density at radius 2 is 1.94 bits per heavy atom. The molecule has 2 rings (SSSR count). The summed E-state index contributed by atoms with van der Waals surface area (Å²) < 4.78 is 38.6. The molecule has 2 aromatic rings. The van der Waals surface area contributed by atoms with Gasteiger partial charge in [0.05, 0.1) is 5.56 Å². The van der Waals surface area contributed by atoms with Crippen molar-refractivity contribution in [3.63, 3.8) is 0 Å². The Balaban J connectivity index is 2.43. The molecule has 0 amide bonds. The summed E-state index contributed by atoms with van der Waals surface area (Å²) in [5.74, 6) is 0. The van der Waals surface area contributed by atoms with Crippen molar-refractivity contribution >= 4 is 11.3 Å². The third-order valence-corrected chi connectivity index (χ3v) is 3.48. The number of thiophene rings is 1. The van der Waals surface area contributed by atoms with Crippen LogP contribution in [0.15, 0.2) is 35.7 Å². The SMILES string of the molecule is CNCc1cc(-c2ccccc2C(F)(F)F)cs1. The van der Waals surface area contributed by atoms with Crippen molar-refractivity contribution in [1.82, 2.24) is 5.32 Å². The molecular weight excluding hydrogens is 259 g/mol. The Hall–Kier alpha value is -1.33. The van der Waals surface area contributed by atoms with Gasteiger partial charge in [-0.2, -0.15) is 13.2 Å². The van der Waals surface area contributed by atoms with Crippen LogP contribution in [0.3, 0.4) is 0 Å². The predicted molar refractivity (Wildman–Crippen MR) is 67.5 cm³/mol. The van der Waals surface area contributed by atoms with Crippen molar-refractivity contribution in [2.75, 3.05) is 7.05 Å². The Labute approximate surface area is 107 Å². The zero-order chi connectivity index (χ0) is 13.2. The van der Waals surface area contributed by atoms with E-state index >= 15 is 0 Å². The second kappa shape index (κ2) is 5.12. The van der Waals surface area contributed by atoms with Crippen molar-refractivity contribution in [3.8, 4) is 11.1 Å². The predicted octanol–water partition coefficient (Wildman–Crippen LogP) is 4.15. The van der Waals surface area contributed by atoms with Crippen molar-refractivity contribution in [3.05, 3.63) is 46.2 Å². The minimum absolute atomic E-state index is 0.239. The molecule has 0 atom stereocenters. The van der Waals surface area contributed by atoms with Crippen LogP contribution in [-0.4, -0.2) is 7.05 Å². The zero-order valence-electron chi connectivity index (χ0n) is 9.71. The van der Waals surface area contributed by atoms with Gasteiger partial charge in [0.1, 0.15) is 0 Å². The molecule has 18 heavy (non-hydrogen) atoms. The highest BCUT2D eigenvalue weighted by Crippen LogP contribution is 2.38. The highest BCUT2D eigenvalue weighted by atomic mass is 32.1. The Bertz CT molecular complexity index is 531. The van der Waals surface area contributed by atoms with Crippen LogP contribution in [0.4, 0.5) is 13.2 Å². The molecule has 1 nitrogen and oxygen atoms in total. The molecule has 0 bridgehead atoms. The number of rotatable bonds is 3. The van der Waals surface area contributed by atoms with Gasteiger partial charge >= 0.3 is 6.18 Å². The average molecular weight is 271 g/mol. The maximum absolute atomic E-state index is 12.9. The Morgan fingerprint density at radius 1 is 1.22 bits per heavy atom. The minimum atomic E-state index is -4.32. The zero-order valence-corrected chi connectivity index (χ0v) is 10.5. The van der Waals surface area contributed by atoms with Crippen LogP contribution in [0.1, 0.15) is 10.4 Å². The number of hydrogen-bond acceptors (Lipinski definition) is 2. The van der Waals surface area contributed by atoms with E-state index in [0.29, 0.717) is 12.1 Å². The van der Waals surface area contributed by atoms with E-state index in [1.807, 2.05) is 7.05 Å². The molecule has 96 valence electrons. The molecule has 0 unspecified atom stereocenters. The van der Waals surface area contributed by atoms with Gasteiger partial charge in [-0.3, -0.25) is 0 Å². The first-order valence-electron chi connectivity index (χ1n) is 5.41. The minimum Gasteiger partial charge on any atom is -0.315 e. The number of nitrogens with one attached hydrogen (secondary N) is 1. The lowest BCUT2D eigenvalue weighted by molar-refractivity contribution is -0.137. The fourth-order valence-electron chi connectivity index (χ4n) is 1.77. The molecular formula is C13H12F3NS. The monoisotopic (exact) mass is 271 g/mol. The van der Waals surface area contributed by atoms with E-state index in [1.54, 1.807) is 17.5 Å².